The third-order valence-electron chi connectivity index (χ3n) is 3.84. The number of hydrogen-bond acceptors (Lipinski definition) is 9. The Morgan fingerprint density at radius 1 is 1.27 bits per heavy atom. The number of aromatic nitrogens is 5. The number of pyridine rings is 1. The van der Waals surface area contributed by atoms with Gasteiger partial charge in [-0.1, -0.05) is 0 Å². The van der Waals surface area contributed by atoms with E-state index in [0.717, 1.165) is 0 Å². The highest BCUT2D eigenvalue weighted by Gasteiger charge is 2.25. The Morgan fingerprint density at radius 2 is 2.08 bits per heavy atom. The Labute approximate surface area is 150 Å². The first kappa shape index (κ1) is 18.2. The lowest BCUT2D eigenvalue weighted by molar-refractivity contribution is 0.310. The highest BCUT2D eigenvalue weighted by Crippen LogP contribution is 2.29. The first-order valence-corrected chi connectivity index (χ1v) is 9.54. The molecule has 0 unspecified atom stereocenters. The Morgan fingerprint density at radius 3 is 2.73 bits per heavy atom. The fraction of sp³-hybridized carbons (Fsp3) is 0.429. The molecular weight excluding hydrogens is 360 g/mol. The van der Waals surface area contributed by atoms with Crippen molar-refractivity contribution in [3.8, 4) is 11.5 Å². The minimum atomic E-state index is -3.76. The number of imidazole rings is 1. The number of anilines is 1. The molecule has 4 N–H and O–H groups in total. The van der Waals surface area contributed by atoms with Gasteiger partial charge in [-0.25, -0.2) is 22.8 Å². The Hall–Kier alpha value is -2.57. The molecule has 3 rings (SSSR count). The molecule has 0 saturated heterocycles. The average molecular weight is 380 g/mol. The van der Waals surface area contributed by atoms with E-state index in [4.69, 9.17) is 5.73 Å². The summed E-state index contributed by atoms with van der Waals surface area (Å²) in [6.07, 6.45) is 3.47. The lowest BCUT2D eigenvalue weighted by Gasteiger charge is -2.10. The zero-order chi connectivity index (χ0) is 18.7. The van der Waals surface area contributed by atoms with Gasteiger partial charge in [0, 0.05) is 19.3 Å². The summed E-state index contributed by atoms with van der Waals surface area (Å²) < 4.78 is 34.4. The molecule has 0 radical (unpaired) electrons. The van der Waals surface area contributed by atoms with Crippen molar-refractivity contribution in [2.75, 3.05) is 25.9 Å². The second-order valence-electron chi connectivity index (χ2n) is 5.54. The summed E-state index contributed by atoms with van der Waals surface area (Å²) in [7, 11) is -1.95. The monoisotopic (exact) mass is 380 g/mol. The molecule has 12 heteroatoms. The van der Waals surface area contributed by atoms with Crippen molar-refractivity contribution < 1.29 is 13.0 Å². The molecule has 3 aromatic heterocycles. The molecule has 140 valence electrons. The molecule has 0 amide bonds. The molecular formula is C14H20N8O3S. The van der Waals surface area contributed by atoms with Crippen LogP contribution >= 0.6 is 0 Å². The first-order valence-electron chi connectivity index (χ1n) is 8.06. The third kappa shape index (κ3) is 3.25. The Bertz CT molecular complexity index is 1010. The van der Waals surface area contributed by atoms with Crippen molar-refractivity contribution in [2.45, 2.75) is 24.8 Å². The Kier molecular flexibility index (Phi) is 5.15. The summed E-state index contributed by atoms with van der Waals surface area (Å²) >= 11 is 0. The number of sulfonamides is 1. The third-order valence-corrected chi connectivity index (χ3v) is 5.31. The van der Waals surface area contributed by atoms with Crippen molar-refractivity contribution in [2.24, 2.45) is 0 Å². The number of fused-ring (bicyclic) bond motifs is 1. The second-order valence-corrected chi connectivity index (χ2v) is 7.27. The van der Waals surface area contributed by atoms with Gasteiger partial charge in [0.15, 0.2) is 17.3 Å². The summed E-state index contributed by atoms with van der Waals surface area (Å²) in [6, 6.07) is 0. The van der Waals surface area contributed by atoms with Gasteiger partial charge in [-0.05, 0) is 37.3 Å². The summed E-state index contributed by atoms with van der Waals surface area (Å²) in [5.74, 6) is 0.457. The van der Waals surface area contributed by atoms with Gasteiger partial charge < -0.3 is 15.6 Å². The van der Waals surface area contributed by atoms with Crippen LogP contribution in [0.25, 0.3) is 22.6 Å². The summed E-state index contributed by atoms with van der Waals surface area (Å²) in [5.41, 5.74) is 6.87. The number of nitrogens with zero attached hydrogens (tertiary/aromatic N) is 5. The van der Waals surface area contributed by atoms with Crippen LogP contribution in [0.1, 0.15) is 13.3 Å². The van der Waals surface area contributed by atoms with E-state index in [9.17, 15) is 8.42 Å². The van der Waals surface area contributed by atoms with Gasteiger partial charge in [0.1, 0.15) is 10.4 Å². The maximum absolute atomic E-state index is 12.8. The topological polar surface area (TPSA) is 154 Å². The highest BCUT2D eigenvalue weighted by molar-refractivity contribution is 7.89. The number of rotatable bonds is 8. The van der Waals surface area contributed by atoms with Gasteiger partial charge in [-0.2, -0.15) is 0 Å². The Balaban J connectivity index is 2.10. The van der Waals surface area contributed by atoms with Crippen LogP contribution in [0.5, 0.6) is 0 Å². The molecule has 11 nitrogen and oxygen atoms in total. The molecule has 3 heterocycles. The molecule has 0 aromatic carbocycles. The van der Waals surface area contributed by atoms with E-state index in [1.165, 1.54) is 12.4 Å². The van der Waals surface area contributed by atoms with E-state index >= 15 is 0 Å². The van der Waals surface area contributed by atoms with Crippen LogP contribution in [0.2, 0.25) is 0 Å². The van der Waals surface area contributed by atoms with Crippen LogP contribution in [0.15, 0.2) is 21.9 Å². The van der Waals surface area contributed by atoms with Crippen molar-refractivity contribution in [1.29, 1.82) is 0 Å². The molecule has 26 heavy (non-hydrogen) atoms. The molecule has 0 aliphatic carbocycles. The van der Waals surface area contributed by atoms with Crippen molar-refractivity contribution in [1.82, 2.24) is 34.9 Å². The largest absolute Gasteiger partial charge is 0.379 e. The van der Waals surface area contributed by atoms with E-state index in [2.05, 4.69) is 34.9 Å². The predicted molar refractivity (Wildman–Crippen MR) is 94.6 cm³/mol. The molecule has 0 aliphatic heterocycles. The SMILES string of the molecule is CCn1c(-c2nonc2N)nc2cncc(S(=O)(=O)NCCCNC)c21. The standard InChI is InChI=1S/C14H20N8O3S/c1-3-22-12-9(19-14(22)11-13(15)21-25-20-11)7-17-8-10(12)26(23,24)18-6-4-5-16-2/h7-8,16,18H,3-6H2,1-2H3,(H2,15,21). The smallest absolute Gasteiger partial charge is 0.244 e. The van der Waals surface area contributed by atoms with Crippen molar-refractivity contribution >= 4 is 26.9 Å². The summed E-state index contributed by atoms with van der Waals surface area (Å²) in [4.78, 5) is 8.50. The van der Waals surface area contributed by atoms with Gasteiger partial charge in [-0.15, -0.1) is 0 Å². The van der Waals surface area contributed by atoms with Crippen LogP contribution in [0.4, 0.5) is 5.82 Å². The summed E-state index contributed by atoms with van der Waals surface area (Å²) in [6.45, 7) is 3.34. The van der Waals surface area contributed by atoms with Crippen molar-refractivity contribution in [3.05, 3.63) is 12.4 Å². The second kappa shape index (κ2) is 7.35. The molecule has 3 aromatic rings. The maximum Gasteiger partial charge on any atom is 0.244 e. The van der Waals surface area contributed by atoms with Crippen LogP contribution in [-0.2, 0) is 16.6 Å². The quantitative estimate of drug-likeness (QED) is 0.457. The fourth-order valence-corrected chi connectivity index (χ4v) is 3.88. The molecule has 0 bridgehead atoms. The molecule has 0 atom stereocenters. The zero-order valence-electron chi connectivity index (χ0n) is 14.4. The van der Waals surface area contributed by atoms with Gasteiger partial charge >= 0.3 is 0 Å². The minimum absolute atomic E-state index is 0.0510. The zero-order valence-corrected chi connectivity index (χ0v) is 15.2. The highest BCUT2D eigenvalue weighted by atomic mass is 32.2. The van der Waals surface area contributed by atoms with Gasteiger partial charge in [0.25, 0.3) is 0 Å². The first-order chi connectivity index (χ1) is 12.5. The molecule has 0 fully saturated rings. The van der Waals surface area contributed by atoms with Crippen LogP contribution in [0.3, 0.4) is 0 Å². The molecule has 0 aliphatic rings. The van der Waals surface area contributed by atoms with E-state index in [1.807, 2.05) is 14.0 Å². The molecule has 0 spiro atoms. The average Bonchev–Trinajstić information content (AvgIpc) is 3.20. The number of nitrogens with two attached hydrogens (primary N) is 1. The lowest BCUT2D eigenvalue weighted by Crippen LogP contribution is -2.27. The minimum Gasteiger partial charge on any atom is -0.379 e. The summed E-state index contributed by atoms with van der Waals surface area (Å²) in [5, 5.41) is 10.3. The van der Waals surface area contributed by atoms with Gasteiger partial charge in [0.2, 0.25) is 10.0 Å². The number of hydrogen-bond donors (Lipinski definition) is 3. The predicted octanol–water partition coefficient (Wildman–Crippen LogP) is -0.0288. The number of nitrogen functional groups attached to an aromatic ring is 1. The number of nitrogens with one attached hydrogen (secondary N) is 2. The van der Waals surface area contributed by atoms with Crippen LogP contribution in [-0.4, -0.2) is 53.4 Å². The van der Waals surface area contributed by atoms with Crippen molar-refractivity contribution in [3.63, 3.8) is 0 Å². The van der Waals surface area contributed by atoms with Gasteiger partial charge in [-0.3, -0.25) is 4.98 Å². The van der Waals surface area contributed by atoms with Crippen LogP contribution < -0.4 is 15.8 Å². The van der Waals surface area contributed by atoms with E-state index in [-0.39, 0.29) is 16.4 Å². The number of aryl methyl sites for hydroxylation is 1. The molecule has 0 saturated carbocycles. The van der Waals surface area contributed by atoms with Gasteiger partial charge in [0.05, 0.1) is 11.7 Å². The normalized spacial score (nSPS) is 12.1. The maximum atomic E-state index is 12.8. The van der Waals surface area contributed by atoms with E-state index < -0.39 is 10.0 Å². The van der Waals surface area contributed by atoms with Crippen LogP contribution in [0, 0.1) is 0 Å². The fourth-order valence-electron chi connectivity index (χ4n) is 2.64. The van der Waals surface area contributed by atoms with E-state index in [0.29, 0.717) is 42.9 Å². The lowest BCUT2D eigenvalue weighted by atomic mass is 10.4. The van der Waals surface area contributed by atoms with E-state index in [1.54, 1.807) is 4.57 Å².